The fourth-order valence-electron chi connectivity index (χ4n) is 3.49. The maximum absolute atomic E-state index is 12.5. The summed E-state index contributed by atoms with van der Waals surface area (Å²) in [6, 6.07) is 11.3. The molecule has 4 rings (SSSR count). The Kier molecular flexibility index (Phi) is 4.77. The number of amides is 1. The van der Waals surface area contributed by atoms with Crippen LogP contribution in [0.3, 0.4) is 0 Å². The number of aliphatic hydroxyl groups is 1. The van der Waals surface area contributed by atoms with Crippen molar-refractivity contribution in [1.29, 1.82) is 0 Å². The van der Waals surface area contributed by atoms with E-state index in [1.54, 1.807) is 6.20 Å². The number of carbonyl (C=O) groups excluding carboxylic acids is 1. The highest BCUT2D eigenvalue weighted by Crippen LogP contribution is 2.25. The third-order valence-corrected chi connectivity index (χ3v) is 4.96. The molecule has 1 aliphatic heterocycles. The average molecular weight is 365 g/mol. The fraction of sp³-hybridized carbons (Fsp3) is 0.350. The highest BCUT2D eigenvalue weighted by molar-refractivity contribution is 5.97. The number of aromatic nitrogens is 3. The van der Waals surface area contributed by atoms with Gasteiger partial charge in [-0.25, -0.2) is 4.98 Å². The lowest BCUT2D eigenvalue weighted by atomic mass is 10.2. The first-order valence-corrected chi connectivity index (χ1v) is 9.19. The van der Waals surface area contributed by atoms with Crippen LogP contribution < -0.4 is 10.2 Å². The van der Waals surface area contributed by atoms with Crippen LogP contribution in [0.5, 0.6) is 0 Å². The first-order valence-electron chi connectivity index (χ1n) is 9.19. The predicted octanol–water partition coefficient (Wildman–Crippen LogP) is 1.51. The van der Waals surface area contributed by atoms with Crippen molar-refractivity contribution in [2.24, 2.45) is 7.05 Å². The number of hydrogen-bond acceptors (Lipinski definition) is 5. The van der Waals surface area contributed by atoms with Crippen LogP contribution in [0.25, 0.3) is 11.0 Å². The summed E-state index contributed by atoms with van der Waals surface area (Å²) < 4.78 is 2.01. The van der Waals surface area contributed by atoms with Crippen molar-refractivity contribution in [3.8, 4) is 0 Å². The number of rotatable bonds is 5. The highest BCUT2D eigenvalue weighted by atomic mass is 16.3. The summed E-state index contributed by atoms with van der Waals surface area (Å²) in [4.78, 5) is 23.5. The Morgan fingerprint density at radius 1 is 1.33 bits per heavy atom. The molecule has 2 N–H and O–H groups in total. The first-order chi connectivity index (χ1) is 13.1. The number of nitrogens with zero attached hydrogens (tertiary/aromatic N) is 4. The molecule has 1 fully saturated rings. The minimum Gasteiger partial charge on any atom is -0.391 e. The number of aliphatic hydroxyl groups excluding tert-OH is 1. The Hall–Kier alpha value is -2.93. The van der Waals surface area contributed by atoms with Gasteiger partial charge in [-0.2, -0.15) is 0 Å². The van der Waals surface area contributed by atoms with Crippen LogP contribution in [0.1, 0.15) is 22.5 Å². The molecule has 1 aromatic carbocycles. The van der Waals surface area contributed by atoms with E-state index in [2.05, 4.69) is 20.2 Å². The smallest absolute Gasteiger partial charge is 0.251 e. The molecule has 1 aliphatic rings. The predicted molar refractivity (Wildman–Crippen MR) is 104 cm³/mol. The number of hydrogen-bond donors (Lipinski definition) is 2. The number of β-amino-alcohol motifs (C(OH)–C–C–N with tert-alkyl or cyclic N) is 1. The zero-order valence-corrected chi connectivity index (χ0v) is 15.3. The van der Waals surface area contributed by atoms with Crippen LogP contribution in [-0.4, -0.2) is 51.3 Å². The summed E-state index contributed by atoms with van der Waals surface area (Å²) in [5, 5.41) is 12.7. The van der Waals surface area contributed by atoms with Crippen molar-refractivity contribution in [2.45, 2.75) is 18.9 Å². The molecule has 140 valence electrons. The molecule has 7 heteroatoms. The molecule has 1 amide bonds. The Labute approximate surface area is 157 Å². The molecule has 0 spiro atoms. The second kappa shape index (κ2) is 7.36. The second-order valence-corrected chi connectivity index (χ2v) is 6.89. The Morgan fingerprint density at radius 2 is 2.22 bits per heavy atom. The van der Waals surface area contributed by atoms with Crippen LogP contribution in [0.2, 0.25) is 0 Å². The number of fused-ring (bicyclic) bond motifs is 1. The number of pyridine rings is 1. The van der Waals surface area contributed by atoms with Gasteiger partial charge in [-0.05, 0) is 36.8 Å². The van der Waals surface area contributed by atoms with Crippen molar-refractivity contribution in [1.82, 2.24) is 19.9 Å². The Balaban J connectivity index is 1.47. The van der Waals surface area contributed by atoms with Gasteiger partial charge in [0.2, 0.25) is 5.95 Å². The lowest BCUT2D eigenvalue weighted by Gasteiger charge is -2.16. The summed E-state index contributed by atoms with van der Waals surface area (Å²) in [5.74, 6) is 0.714. The molecule has 2 aromatic heterocycles. The first kappa shape index (κ1) is 17.5. The lowest BCUT2D eigenvalue weighted by Crippen LogP contribution is -2.25. The molecule has 27 heavy (non-hydrogen) atoms. The van der Waals surface area contributed by atoms with Crippen molar-refractivity contribution in [3.05, 3.63) is 53.9 Å². The molecule has 1 unspecified atom stereocenters. The van der Waals surface area contributed by atoms with Crippen LogP contribution in [0.4, 0.5) is 5.95 Å². The van der Waals surface area contributed by atoms with Crippen LogP contribution >= 0.6 is 0 Å². The number of imidazole rings is 1. The van der Waals surface area contributed by atoms with Crippen LogP contribution in [0.15, 0.2) is 42.6 Å². The minimum absolute atomic E-state index is 0.114. The Bertz CT molecular complexity index is 954. The van der Waals surface area contributed by atoms with Gasteiger partial charge in [0.25, 0.3) is 5.91 Å². The molecular weight excluding hydrogens is 342 g/mol. The van der Waals surface area contributed by atoms with E-state index in [4.69, 9.17) is 0 Å². The maximum atomic E-state index is 12.5. The Morgan fingerprint density at radius 3 is 2.96 bits per heavy atom. The van der Waals surface area contributed by atoms with Gasteiger partial charge in [-0.1, -0.05) is 6.07 Å². The zero-order valence-electron chi connectivity index (χ0n) is 15.3. The largest absolute Gasteiger partial charge is 0.391 e. The van der Waals surface area contributed by atoms with Crippen LogP contribution in [0, 0.1) is 0 Å². The third kappa shape index (κ3) is 3.64. The maximum Gasteiger partial charge on any atom is 0.251 e. The van der Waals surface area contributed by atoms with E-state index in [1.165, 1.54) is 0 Å². The summed E-state index contributed by atoms with van der Waals surface area (Å²) in [5.41, 5.74) is 3.30. The van der Waals surface area contributed by atoms with E-state index < -0.39 is 0 Å². The number of benzene rings is 1. The lowest BCUT2D eigenvalue weighted by molar-refractivity contribution is 0.0954. The molecule has 3 aromatic rings. The molecule has 0 aliphatic carbocycles. The molecule has 0 radical (unpaired) electrons. The quantitative estimate of drug-likeness (QED) is 0.716. The van der Waals surface area contributed by atoms with E-state index in [9.17, 15) is 9.90 Å². The van der Waals surface area contributed by atoms with Gasteiger partial charge >= 0.3 is 0 Å². The highest BCUT2D eigenvalue weighted by Gasteiger charge is 2.24. The van der Waals surface area contributed by atoms with E-state index in [-0.39, 0.29) is 12.0 Å². The standard InChI is InChI=1S/C20H23N5O2/c1-24-18-6-5-14(19(27)22-10-7-15-4-2-3-9-21-15)12-17(18)23-20(24)25-11-8-16(26)13-25/h2-6,9,12,16,26H,7-8,10-11,13H2,1H3,(H,22,27). The van der Waals surface area contributed by atoms with Gasteiger partial charge in [0.15, 0.2) is 0 Å². The van der Waals surface area contributed by atoms with E-state index in [0.29, 0.717) is 25.1 Å². The van der Waals surface area contributed by atoms with Crippen molar-refractivity contribution < 1.29 is 9.90 Å². The van der Waals surface area contributed by atoms with Gasteiger partial charge in [-0.3, -0.25) is 9.78 Å². The van der Waals surface area contributed by atoms with Gasteiger partial charge in [0, 0.05) is 50.6 Å². The van der Waals surface area contributed by atoms with Crippen LogP contribution in [-0.2, 0) is 13.5 Å². The molecule has 1 atom stereocenters. The number of anilines is 1. The van der Waals surface area contributed by atoms with Gasteiger partial charge in [0.1, 0.15) is 0 Å². The SMILES string of the molecule is Cn1c(N2CCC(O)C2)nc2cc(C(=O)NCCc3ccccn3)ccc21. The van der Waals surface area contributed by atoms with Crippen molar-refractivity contribution in [3.63, 3.8) is 0 Å². The van der Waals surface area contributed by atoms with Crippen molar-refractivity contribution in [2.75, 3.05) is 24.5 Å². The monoisotopic (exact) mass is 365 g/mol. The fourth-order valence-corrected chi connectivity index (χ4v) is 3.49. The van der Waals surface area contributed by atoms with E-state index in [1.807, 2.05) is 48.0 Å². The average Bonchev–Trinajstić information content (AvgIpc) is 3.25. The van der Waals surface area contributed by atoms with Gasteiger partial charge < -0.3 is 19.9 Å². The number of nitrogens with one attached hydrogen (secondary N) is 1. The summed E-state index contributed by atoms with van der Waals surface area (Å²) in [6.07, 6.45) is 2.90. The normalized spacial score (nSPS) is 16.8. The van der Waals surface area contributed by atoms with Crippen molar-refractivity contribution >= 4 is 22.9 Å². The van der Waals surface area contributed by atoms with E-state index in [0.717, 1.165) is 35.6 Å². The third-order valence-electron chi connectivity index (χ3n) is 4.96. The topological polar surface area (TPSA) is 83.3 Å². The summed E-state index contributed by atoms with van der Waals surface area (Å²) >= 11 is 0. The summed E-state index contributed by atoms with van der Waals surface area (Å²) in [6.45, 7) is 1.92. The molecular formula is C20H23N5O2. The summed E-state index contributed by atoms with van der Waals surface area (Å²) in [7, 11) is 1.96. The van der Waals surface area contributed by atoms with E-state index >= 15 is 0 Å². The number of carbonyl (C=O) groups is 1. The number of aryl methyl sites for hydroxylation is 1. The minimum atomic E-state index is -0.301. The molecule has 0 bridgehead atoms. The van der Waals surface area contributed by atoms with Gasteiger partial charge in [-0.15, -0.1) is 0 Å². The zero-order chi connectivity index (χ0) is 18.8. The van der Waals surface area contributed by atoms with Gasteiger partial charge in [0.05, 0.1) is 17.1 Å². The molecule has 7 nitrogen and oxygen atoms in total. The molecule has 1 saturated heterocycles. The molecule has 0 saturated carbocycles. The molecule has 3 heterocycles. The second-order valence-electron chi connectivity index (χ2n) is 6.89.